The zero-order valence-electron chi connectivity index (χ0n) is 4.65. The first-order valence-corrected chi connectivity index (χ1v) is 2.53. The molecule has 0 spiro atoms. The van der Waals surface area contributed by atoms with Crippen LogP contribution in [0.3, 0.4) is 0 Å². The van der Waals surface area contributed by atoms with Crippen molar-refractivity contribution in [1.82, 2.24) is 0 Å². The molecule has 1 heterocycles. The van der Waals surface area contributed by atoms with Crippen LogP contribution in [0.15, 0.2) is 5.11 Å². The Kier molecular flexibility index (Phi) is 1.55. The van der Waals surface area contributed by atoms with Crippen molar-refractivity contribution in [3.05, 3.63) is 10.4 Å². The molecule has 0 aromatic rings. The summed E-state index contributed by atoms with van der Waals surface area (Å²) < 4.78 is 4.54. The van der Waals surface area contributed by atoms with Gasteiger partial charge in [0.25, 0.3) is 0 Å². The summed E-state index contributed by atoms with van der Waals surface area (Å²) in [4.78, 5) is 12.6. The molecule has 5 heteroatoms. The molecule has 0 saturated carbocycles. The summed E-state index contributed by atoms with van der Waals surface area (Å²) in [7, 11) is 0. The standard InChI is InChI=1S/C4H5N3O2/c5-7-6-2-3-1-4(8)9-3/h3H,1-2H2/t3-/m1/s1. The molecule has 1 aliphatic heterocycles. The van der Waals surface area contributed by atoms with Crippen LogP contribution in [-0.4, -0.2) is 18.6 Å². The minimum atomic E-state index is -0.215. The molecule has 0 unspecified atom stereocenters. The Morgan fingerprint density at radius 3 is 3.11 bits per heavy atom. The Balaban J connectivity index is 2.17. The molecule has 0 aliphatic carbocycles. The summed E-state index contributed by atoms with van der Waals surface area (Å²) >= 11 is 0. The van der Waals surface area contributed by atoms with Crippen LogP contribution in [0.1, 0.15) is 6.42 Å². The zero-order valence-corrected chi connectivity index (χ0v) is 4.65. The van der Waals surface area contributed by atoms with Crippen molar-refractivity contribution in [3.63, 3.8) is 0 Å². The van der Waals surface area contributed by atoms with Crippen molar-refractivity contribution in [3.8, 4) is 0 Å². The monoisotopic (exact) mass is 127 g/mol. The van der Waals surface area contributed by atoms with Crippen LogP contribution in [0.2, 0.25) is 0 Å². The average Bonchev–Trinajstić information content (AvgIpc) is 1.78. The van der Waals surface area contributed by atoms with Gasteiger partial charge in [-0.3, -0.25) is 4.79 Å². The maximum absolute atomic E-state index is 10.1. The van der Waals surface area contributed by atoms with E-state index in [1.54, 1.807) is 0 Å². The fourth-order valence-electron chi connectivity index (χ4n) is 0.592. The molecule has 9 heavy (non-hydrogen) atoms. The molecular weight excluding hydrogens is 122 g/mol. The maximum atomic E-state index is 10.1. The van der Waals surface area contributed by atoms with Gasteiger partial charge in [0.05, 0.1) is 13.0 Å². The van der Waals surface area contributed by atoms with E-state index in [9.17, 15) is 4.79 Å². The van der Waals surface area contributed by atoms with E-state index < -0.39 is 0 Å². The van der Waals surface area contributed by atoms with Crippen LogP contribution < -0.4 is 0 Å². The van der Waals surface area contributed by atoms with Gasteiger partial charge >= 0.3 is 5.97 Å². The molecule has 0 radical (unpaired) electrons. The molecule has 0 N–H and O–H groups in total. The van der Waals surface area contributed by atoms with E-state index in [1.165, 1.54) is 0 Å². The fourth-order valence-corrected chi connectivity index (χ4v) is 0.592. The Morgan fingerprint density at radius 1 is 2.00 bits per heavy atom. The second kappa shape index (κ2) is 2.37. The zero-order chi connectivity index (χ0) is 6.69. The van der Waals surface area contributed by atoms with E-state index in [2.05, 4.69) is 14.8 Å². The van der Waals surface area contributed by atoms with E-state index in [0.29, 0.717) is 6.42 Å². The third-order valence-corrected chi connectivity index (χ3v) is 1.04. The van der Waals surface area contributed by atoms with Gasteiger partial charge in [-0.05, 0) is 5.53 Å². The molecule has 0 bridgehead atoms. The summed E-state index contributed by atoms with van der Waals surface area (Å²) in [5.74, 6) is -0.215. The smallest absolute Gasteiger partial charge is 0.309 e. The molecule has 1 aliphatic rings. The van der Waals surface area contributed by atoms with Crippen LogP contribution in [0, 0.1) is 0 Å². The quantitative estimate of drug-likeness (QED) is 0.236. The minimum absolute atomic E-state index is 0.159. The molecule has 0 aromatic carbocycles. The number of azide groups is 1. The van der Waals surface area contributed by atoms with Gasteiger partial charge in [-0.1, -0.05) is 5.11 Å². The highest BCUT2D eigenvalue weighted by molar-refractivity contribution is 5.75. The van der Waals surface area contributed by atoms with Gasteiger partial charge in [-0.2, -0.15) is 0 Å². The lowest BCUT2D eigenvalue weighted by Crippen LogP contribution is -2.34. The lowest BCUT2D eigenvalue weighted by atomic mass is 10.2. The number of ether oxygens (including phenoxy) is 1. The van der Waals surface area contributed by atoms with Crippen molar-refractivity contribution in [2.75, 3.05) is 6.54 Å². The molecule has 1 atom stereocenters. The molecule has 0 amide bonds. The molecule has 0 aromatic heterocycles. The van der Waals surface area contributed by atoms with Gasteiger partial charge in [0, 0.05) is 4.91 Å². The van der Waals surface area contributed by atoms with Gasteiger partial charge < -0.3 is 4.74 Å². The minimum Gasteiger partial charge on any atom is -0.462 e. The van der Waals surface area contributed by atoms with Crippen molar-refractivity contribution in [1.29, 1.82) is 0 Å². The number of nitrogens with zero attached hydrogens (tertiary/aromatic N) is 3. The van der Waals surface area contributed by atoms with Crippen LogP contribution in [0.5, 0.6) is 0 Å². The highest BCUT2D eigenvalue weighted by atomic mass is 16.6. The summed E-state index contributed by atoms with van der Waals surface area (Å²) in [6.07, 6.45) is 0.229. The second-order valence-electron chi connectivity index (χ2n) is 1.73. The van der Waals surface area contributed by atoms with Gasteiger partial charge in [-0.15, -0.1) is 0 Å². The topological polar surface area (TPSA) is 75.1 Å². The lowest BCUT2D eigenvalue weighted by molar-refractivity contribution is -0.168. The first kappa shape index (κ1) is 5.91. The third kappa shape index (κ3) is 1.33. The van der Waals surface area contributed by atoms with Gasteiger partial charge in [-0.25, -0.2) is 0 Å². The van der Waals surface area contributed by atoms with Crippen molar-refractivity contribution in [2.45, 2.75) is 12.5 Å². The van der Waals surface area contributed by atoms with E-state index in [0.717, 1.165) is 0 Å². The summed E-state index contributed by atoms with van der Waals surface area (Å²) in [6.45, 7) is 0.266. The number of carbonyl (C=O) groups excluding carboxylic acids is 1. The van der Waals surface area contributed by atoms with Crippen LogP contribution >= 0.6 is 0 Å². The molecular formula is C4H5N3O2. The van der Waals surface area contributed by atoms with Gasteiger partial charge in [0.15, 0.2) is 0 Å². The first-order valence-electron chi connectivity index (χ1n) is 2.53. The highest BCUT2D eigenvalue weighted by Gasteiger charge is 2.26. The average molecular weight is 127 g/mol. The van der Waals surface area contributed by atoms with Crippen molar-refractivity contribution in [2.24, 2.45) is 5.11 Å². The number of hydrogen-bond acceptors (Lipinski definition) is 3. The number of rotatable bonds is 2. The molecule has 1 fully saturated rings. The molecule has 48 valence electrons. The van der Waals surface area contributed by atoms with E-state index >= 15 is 0 Å². The number of hydrogen-bond donors (Lipinski definition) is 0. The SMILES string of the molecule is [N-]=[N+]=NC[C@H]1CC(=O)O1. The molecule has 5 nitrogen and oxygen atoms in total. The van der Waals surface area contributed by atoms with E-state index in [4.69, 9.17) is 5.53 Å². The van der Waals surface area contributed by atoms with Gasteiger partial charge in [0.2, 0.25) is 0 Å². The second-order valence-corrected chi connectivity index (χ2v) is 1.73. The summed E-state index contributed by atoms with van der Waals surface area (Å²) in [6, 6.07) is 0. The van der Waals surface area contributed by atoms with Crippen LogP contribution in [-0.2, 0) is 9.53 Å². The Labute approximate surface area is 51.2 Å². The van der Waals surface area contributed by atoms with Gasteiger partial charge in [0.1, 0.15) is 6.10 Å². The maximum Gasteiger partial charge on any atom is 0.309 e. The lowest BCUT2D eigenvalue weighted by Gasteiger charge is -2.23. The Bertz CT molecular complexity index is 165. The molecule has 1 rings (SSSR count). The van der Waals surface area contributed by atoms with Crippen molar-refractivity contribution < 1.29 is 9.53 Å². The molecule has 1 saturated heterocycles. The number of esters is 1. The normalized spacial score (nSPS) is 23.6. The predicted octanol–water partition coefficient (Wildman–Crippen LogP) is 0.612. The highest BCUT2D eigenvalue weighted by Crippen LogP contribution is 2.12. The van der Waals surface area contributed by atoms with Crippen LogP contribution in [0.4, 0.5) is 0 Å². The fraction of sp³-hybridized carbons (Fsp3) is 0.750. The van der Waals surface area contributed by atoms with Crippen molar-refractivity contribution >= 4 is 5.97 Å². The van der Waals surface area contributed by atoms with Crippen LogP contribution in [0.25, 0.3) is 10.4 Å². The Morgan fingerprint density at radius 2 is 2.67 bits per heavy atom. The summed E-state index contributed by atoms with van der Waals surface area (Å²) in [5, 5.41) is 3.23. The van der Waals surface area contributed by atoms with E-state index in [1.807, 2.05) is 0 Å². The summed E-state index contributed by atoms with van der Waals surface area (Å²) in [5.41, 5.74) is 7.82. The third-order valence-electron chi connectivity index (χ3n) is 1.04. The number of carbonyl (C=O) groups is 1. The first-order chi connectivity index (χ1) is 4.33. The number of cyclic esters (lactones) is 1. The largest absolute Gasteiger partial charge is 0.462 e. The predicted molar refractivity (Wildman–Crippen MR) is 28.5 cm³/mol. The Hall–Kier alpha value is -1.22. The van der Waals surface area contributed by atoms with E-state index in [-0.39, 0.29) is 18.6 Å².